The molecule has 0 fully saturated rings. The van der Waals surface area contributed by atoms with E-state index in [0.717, 1.165) is 0 Å². The Balaban J connectivity index is -0.0000000417. The first-order chi connectivity index (χ1) is 2.77. The van der Waals surface area contributed by atoms with Gasteiger partial charge >= 0.3 is 5.97 Å². The second kappa shape index (κ2) is 16.8. The Kier molecular flexibility index (Phi) is 42.0. The predicted molar refractivity (Wildman–Crippen MR) is 38.8 cm³/mol. The van der Waals surface area contributed by atoms with Gasteiger partial charge < -0.3 is 10.4 Å². The molecule has 0 saturated carbocycles. The number of aliphatic carboxylic acids is 1. The maximum absolute atomic E-state index is 9.54. The minimum absolute atomic E-state index is 0. The van der Waals surface area contributed by atoms with Crippen molar-refractivity contribution in [2.45, 2.75) is 0 Å². The predicted octanol–water partition coefficient (Wildman–Crippen LogP) is -1.85. The Bertz CT molecular complexity index is 61.0. The summed E-state index contributed by atoms with van der Waals surface area (Å²) in [6, 6.07) is 0. The molecule has 0 unspecified atom stereocenters. The zero-order valence-corrected chi connectivity index (χ0v) is 12.6. The quantitative estimate of drug-likeness (QED) is 0.464. The monoisotopic (exact) mass is 158 g/mol. The molecule has 0 aromatic rings. The van der Waals surface area contributed by atoms with Crippen LogP contribution in [0.1, 0.15) is 0 Å². The van der Waals surface area contributed by atoms with Crippen molar-refractivity contribution >= 4 is 94.6 Å². The number of nitrogens with one attached hydrogen (secondary N) is 1. The van der Waals surface area contributed by atoms with E-state index >= 15 is 0 Å². The Morgan fingerprint density at radius 1 is 1.44 bits per heavy atom. The van der Waals surface area contributed by atoms with Gasteiger partial charge in [0.1, 0.15) is 0 Å². The average Bonchev–Trinajstić information content (AvgIpc) is 1.35. The van der Waals surface area contributed by atoms with E-state index < -0.39 is 5.97 Å². The van der Waals surface area contributed by atoms with Gasteiger partial charge in [0.05, 0.1) is 6.54 Å². The van der Waals surface area contributed by atoms with Gasteiger partial charge in [-0.1, -0.05) is 0 Å². The van der Waals surface area contributed by atoms with Crippen molar-refractivity contribution in [2.75, 3.05) is 13.6 Å². The second-order valence-corrected chi connectivity index (χ2v) is 0.924. The Hall–Kier alpha value is 2.43. The molecule has 0 heterocycles. The molecule has 0 aliphatic heterocycles. The Morgan fingerprint density at radius 2 is 1.78 bits per heavy atom. The van der Waals surface area contributed by atoms with Crippen LogP contribution in [0.3, 0.4) is 0 Å². The maximum atomic E-state index is 9.54. The van der Waals surface area contributed by atoms with E-state index in [-0.39, 0.29) is 95.2 Å². The molecule has 9 heavy (non-hydrogen) atoms. The number of likely N-dealkylation sites (N-methyl/N-ethyl adjacent to an activating group) is 1. The fraction of sp³-hybridized carbons (Fsp3) is 0.667. The van der Waals surface area contributed by atoms with E-state index in [0.29, 0.717) is 0 Å². The summed E-state index contributed by atoms with van der Waals surface area (Å²) in [5, 5.41) is 10.3. The van der Waals surface area contributed by atoms with Crippen molar-refractivity contribution in [3.8, 4) is 0 Å². The first-order valence-electron chi connectivity index (χ1n) is 1.63. The summed E-state index contributed by atoms with van der Waals surface area (Å²) < 4.78 is 0. The molecule has 0 aromatic carbocycles. The van der Waals surface area contributed by atoms with Gasteiger partial charge in [0.25, 0.3) is 0 Å². The molecular formula is C3H7NNa3O2. The smallest absolute Gasteiger partial charge is 0.317 e. The van der Waals surface area contributed by atoms with Crippen molar-refractivity contribution in [1.82, 2.24) is 5.32 Å². The maximum Gasteiger partial charge on any atom is 0.317 e. The molecule has 0 aromatic heterocycles. The van der Waals surface area contributed by atoms with Gasteiger partial charge in [-0.15, -0.1) is 0 Å². The van der Waals surface area contributed by atoms with Gasteiger partial charge in [-0.25, -0.2) is 0 Å². The minimum Gasteiger partial charge on any atom is -0.480 e. The third-order valence-corrected chi connectivity index (χ3v) is 0.328. The summed E-state index contributed by atoms with van der Waals surface area (Å²) in [6.45, 7) is 0.0417. The molecule has 0 bridgehead atoms. The third kappa shape index (κ3) is 25.1. The van der Waals surface area contributed by atoms with Gasteiger partial charge in [0, 0.05) is 88.7 Å². The van der Waals surface area contributed by atoms with Crippen LogP contribution in [-0.4, -0.2) is 113 Å². The molecule has 39 valence electrons. The zero-order chi connectivity index (χ0) is 4.99. The SMILES string of the molecule is CNCC(=O)O.[Na].[Na].[Na]. The minimum atomic E-state index is -0.822. The number of carboxylic acid groups (broad SMARTS) is 1. The molecule has 0 amide bonds. The Labute approximate surface area is 121 Å². The standard InChI is InChI=1S/C3H7NO2.3Na/c1-4-2-3(5)6;;;/h4H,2H2,1H3,(H,5,6);;;. The molecule has 2 N–H and O–H groups in total. The summed E-state index contributed by atoms with van der Waals surface area (Å²) in [7, 11) is 1.59. The molecule has 0 aliphatic rings. The van der Waals surface area contributed by atoms with Crippen molar-refractivity contribution in [1.29, 1.82) is 0 Å². The summed E-state index contributed by atoms with van der Waals surface area (Å²) >= 11 is 0. The average molecular weight is 158 g/mol. The molecule has 3 nitrogen and oxygen atoms in total. The van der Waals surface area contributed by atoms with Crippen LogP contribution in [0.4, 0.5) is 0 Å². The first-order valence-corrected chi connectivity index (χ1v) is 1.63. The molecule has 3 radical (unpaired) electrons. The molecule has 0 saturated heterocycles. The fourth-order valence-electron chi connectivity index (χ4n) is 0.151. The van der Waals surface area contributed by atoms with Crippen molar-refractivity contribution in [3.63, 3.8) is 0 Å². The van der Waals surface area contributed by atoms with E-state index in [4.69, 9.17) is 5.11 Å². The summed E-state index contributed by atoms with van der Waals surface area (Å²) in [6.07, 6.45) is 0. The van der Waals surface area contributed by atoms with Crippen LogP contribution in [0.2, 0.25) is 0 Å². The van der Waals surface area contributed by atoms with Crippen molar-refractivity contribution in [2.24, 2.45) is 0 Å². The topological polar surface area (TPSA) is 49.3 Å². The van der Waals surface area contributed by atoms with E-state index in [2.05, 4.69) is 5.32 Å². The second-order valence-electron chi connectivity index (χ2n) is 0.924. The van der Waals surface area contributed by atoms with Gasteiger partial charge in [-0.3, -0.25) is 4.79 Å². The van der Waals surface area contributed by atoms with E-state index in [9.17, 15) is 4.79 Å². The van der Waals surface area contributed by atoms with Crippen molar-refractivity contribution < 1.29 is 9.90 Å². The molecule has 0 atom stereocenters. The molecule has 0 spiro atoms. The summed E-state index contributed by atoms with van der Waals surface area (Å²) in [4.78, 5) is 9.54. The fourth-order valence-corrected chi connectivity index (χ4v) is 0.151. The molecule has 0 aliphatic carbocycles. The molecular weight excluding hydrogens is 151 g/mol. The van der Waals surface area contributed by atoms with Crippen LogP contribution < -0.4 is 5.32 Å². The normalized spacial score (nSPS) is 5.44. The van der Waals surface area contributed by atoms with Gasteiger partial charge in [0.2, 0.25) is 0 Å². The van der Waals surface area contributed by atoms with E-state index in [1.807, 2.05) is 0 Å². The third-order valence-electron chi connectivity index (χ3n) is 0.328. The van der Waals surface area contributed by atoms with Gasteiger partial charge in [0.15, 0.2) is 0 Å². The van der Waals surface area contributed by atoms with Crippen LogP contribution in [0, 0.1) is 0 Å². The number of hydrogen-bond acceptors (Lipinski definition) is 2. The number of rotatable bonds is 2. The van der Waals surface area contributed by atoms with Crippen molar-refractivity contribution in [3.05, 3.63) is 0 Å². The summed E-state index contributed by atoms with van der Waals surface area (Å²) in [5.74, 6) is -0.822. The number of carbonyl (C=O) groups is 1. The molecule has 0 rings (SSSR count). The zero-order valence-electron chi connectivity index (χ0n) is 6.56. The first kappa shape index (κ1) is 22.5. The van der Waals surface area contributed by atoms with E-state index in [1.54, 1.807) is 7.05 Å². The summed E-state index contributed by atoms with van der Waals surface area (Å²) in [5.41, 5.74) is 0. The van der Waals surface area contributed by atoms with Crippen LogP contribution in [-0.2, 0) is 4.79 Å². The van der Waals surface area contributed by atoms with E-state index in [1.165, 1.54) is 0 Å². The molecule has 6 heteroatoms. The Morgan fingerprint density at radius 3 is 1.78 bits per heavy atom. The number of hydrogen-bond donors (Lipinski definition) is 2. The van der Waals surface area contributed by atoms with Crippen LogP contribution >= 0.6 is 0 Å². The van der Waals surface area contributed by atoms with Crippen LogP contribution in [0.5, 0.6) is 0 Å². The van der Waals surface area contributed by atoms with Gasteiger partial charge in [-0.05, 0) is 7.05 Å². The van der Waals surface area contributed by atoms with Crippen LogP contribution in [0.15, 0.2) is 0 Å². The largest absolute Gasteiger partial charge is 0.480 e. The number of carboxylic acids is 1. The van der Waals surface area contributed by atoms with Gasteiger partial charge in [-0.2, -0.15) is 0 Å². The van der Waals surface area contributed by atoms with Crippen LogP contribution in [0.25, 0.3) is 0 Å².